The van der Waals surface area contributed by atoms with E-state index in [4.69, 9.17) is 16.7 Å². The second-order valence-electron chi connectivity index (χ2n) is 3.34. The summed E-state index contributed by atoms with van der Waals surface area (Å²) in [5.41, 5.74) is 1.33. The number of hydrogen-bond donors (Lipinski definition) is 1. The van der Waals surface area contributed by atoms with Crippen LogP contribution in [-0.2, 0) is 11.2 Å². The van der Waals surface area contributed by atoms with Gasteiger partial charge in [-0.05, 0) is 12.1 Å². The highest BCUT2D eigenvalue weighted by atomic mass is 35.5. The number of carbonyl (C=O) groups is 1. The summed E-state index contributed by atoms with van der Waals surface area (Å²) in [5, 5.41) is 16.6. The van der Waals surface area contributed by atoms with E-state index in [0.717, 1.165) is 5.56 Å². The van der Waals surface area contributed by atoms with E-state index in [9.17, 15) is 4.79 Å². The molecule has 86 valence electrons. The Morgan fingerprint density at radius 3 is 2.94 bits per heavy atom. The van der Waals surface area contributed by atoms with Crippen molar-refractivity contribution in [3.05, 3.63) is 41.3 Å². The number of hydrogen-bond acceptors (Lipinski definition) is 4. The molecule has 1 aromatic heterocycles. The Bertz CT molecular complexity index is 560. The molecule has 0 aliphatic carbocycles. The number of halogens is 1. The SMILES string of the molecule is O=C(O)Cc1nncc(-c2cccc(Cl)c2)n1. The lowest BCUT2D eigenvalue weighted by molar-refractivity contribution is -0.136. The van der Waals surface area contributed by atoms with Gasteiger partial charge < -0.3 is 5.11 Å². The lowest BCUT2D eigenvalue weighted by atomic mass is 10.2. The molecule has 0 amide bonds. The molecule has 0 spiro atoms. The minimum atomic E-state index is -0.991. The summed E-state index contributed by atoms with van der Waals surface area (Å²) < 4.78 is 0. The minimum absolute atomic E-state index is 0.176. The first kappa shape index (κ1) is 11.5. The van der Waals surface area contributed by atoms with Crippen LogP contribution in [0.25, 0.3) is 11.3 Å². The van der Waals surface area contributed by atoms with Crippen molar-refractivity contribution in [2.24, 2.45) is 0 Å². The van der Waals surface area contributed by atoms with Crippen LogP contribution in [0.1, 0.15) is 5.82 Å². The Morgan fingerprint density at radius 2 is 2.24 bits per heavy atom. The zero-order chi connectivity index (χ0) is 12.3. The largest absolute Gasteiger partial charge is 0.481 e. The zero-order valence-corrected chi connectivity index (χ0v) is 9.42. The lowest BCUT2D eigenvalue weighted by Crippen LogP contribution is -2.06. The highest BCUT2D eigenvalue weighted by Crippen LogP contribution is 2.19. The fourth-order valence-electron chi connectivity index (χ4n) is 1.34. The number of carboxylic acid groups (broad SMARTS) is 1. The quantitative estimate of drug-likeness (QED) is 0.898. The third kappa shape index (κ3) is 2.98. The summed E-state index contributed by atoms with van der Waals surface area (Å²) in [6.07, 6.45) is 1.22. The van der Waals surface area contributed by atoms with Crippen LogP contribution in [0.15, 0.2) is 30.5 Å². The van der Waals surface area contributed by atoms with Gasteiger partial charge in [-0.2, -0.15) is 5.10 Å². The Morgan fingerprint density at radius 1 is 1.41 bits per heavy atom. The number of rotatable bonds is 3. The van der Waals surface area contributed by atoms with Crippen LogP contribution in [0.2, 0.25) is 5.02 Å². The van der Waals surface area contributed by atoms with Gasteiger partial charge in [-0.25, -0.2) is 4.98 Å². The number of nitrogens with zero attached hydrogens (tertiary/aromatic N) is 3. The van der Waals surface area contributed by atoms with Gasteiger partial charge in [0, 0.05) is 10.6 Å². The second-order valence-corrected chi connectivity index (χ2v) is 3.78. The molecule has 0 radical (unpaired) electrons. The van der Waals surface area contributed by atoms with Gasteiger partial charge in [-0.3, -0.25) is 4.79 Å². The molecule has 0 fully saturated rings. The highest BCUT2D eigenvalue weighted by molar-refractivity contribution is 6.30. The van der Waals surface area contributed by atoms with Crippen molar-refractivity contribution in [2.75, 3.05) is 0 Å². The Balaban J connectivity index is 2.36. The monoisotopic (exact) mass is 249 g/mol. The van der Waals surface area contributed by atoms with Crippen molar-refractivity contribution in [1.29, 1.82) is 0 Å². The van der Waals surface area contributed by atoms with E-state index in [2.05, 4.69) is 15.2 Å². The predicted molar refractivity (Wildman–Crippen MR) is 61.6 cm³/mol. The first-order valence-corrected chi connectivity index (χ1v) is 5.19. The fraction of sp³-hybridized carbons (Fsp3) is 0.0909. The van der Waals surface area contributed by atoms with Crippen molar-refractivity contribution in [3.8, 4) is 11.3 Å². The topological polar surface area (TPSA) is 76.0 Å². The maximum atomic E-state index is 10.5. The molecule has 0 unspecified atom stereocenters. The van der Waals surface area contributed by atoms with Crippen LogP contribution >= 0.6 is 11.6 Å². The van der Waals surface area contributed by atoms with Crippen LogP contribution in [0.5, 0.6) is 0 Å². The van der Waals surface area contributed by atoms with E-state index < -0.39 is 5.97 Å². The van der Waals surface area contributed by atoms with E-state index in [1.165, 1.54) is 6.20 Å². The number of aromatic nitrogens is 3. The molecule has 17 heavy (non-hydrogen) atoms. The molecule has 2 rings (SSSR count). The van der Waals surface area contributed by atoms with Crippen LogP contribution in [0.3, 0.4) is 0 Å². The molecule has 1 heterocycles. The predicted octanol–water partition coefficient (Wildman–Crippen LogP) is 1.82. The summed E-state index contributed by atoms with van der Waals surface area (Å²) in [6, 6.07) is 7.09. The molecule has 1 aromatic carbocycles. The van der Waals surface area contributed by atoms with E-state index >= 15 is 0 Å². The summed E-state index contributed by atoms with van der Waals surface area (Å²) >= 11 is 5.86. The number of aliphatic carboxylic acids is 1. The van der Waals surface area contributed by atoms with Crippen molar-refractivity contribution in [2.45, 2.75) is 6.42 Å². The van der Waals surface area contributed by atoms with Gasteiger partial charge >= 0.3 is 5.97 Å². The zero-order valence-electron chi connectivity index (χ0n) is 8.67. The Kier molecular flexibility index (Phi) is 3.30. The second kappa shape index (κ2) is 4.88. The average Bonchev–Trinajstić information content (AvgIpc) is 2.28. The van der Waals surface area contributed by atoms with Gasteiger partial charge in [0.25, 0.3) is 0 Å². The van der Waals surface area contributed by atoms with Crippen molar-refractivity contribution in [3.63, 3.8) is 0 Å². The first-order chi connectivity index (χ1) is 8.15. The third-order valence-corrected chi connectivity index (χ3v) is 2.27. The van der Waals surface area contributed by atoms with Gasteiger partial charge in [0.05, 0.1) is 11.9 Å². The summed E-state index contributed by atoms with van der Waals surface area (Å²) in [4.78, 5) is 14.7. The summed E-state index contributed by atoms with van der Waals surface area (Å²) in [5.74, 6) is -0.815. The van der Waals surface area contributed by atoms with Crippen molar-refractivity contribution in [1.82, 2.24) is 15.2 Å². The van der Waals surface area contributed by atoms with Gasteiger partial charge in [0.2, 0.25) is 0 Å². The molecular weight excluding hydrogens is 242 g/mol. The van der Waals surface area contributed by atoms with Crippen LogP contribution in [0.4, 0.5) is 0 Å². The molecule has 2 aromatic rings. The van der Waals surface area contributed by atoms with Crippen molar-refractivity contribution < 1.29 is 9.90 Å². The van der Waals surface area contributed by atoms with E-state index in [-0.39, 0.29) is 12.2 Å². The number of benzene rings is 1. The minimum Gasteiger partial charge on any atom is -0.481 e. The lowest BCUT2D eigenvalue weighted by Gasteiger charge is -2.01. The molecule has 0 aliphatic heterocycles. The molecule has 0 saturated carbocycles. The normalized spacial score (nSPS) is 10.2. The Labute approximate surface area is 102 Å². The summed E-state index contributed by atoms with van der Waals surface area (Å²) in [7, 11) is 0. The van der Waals surface area contributed by atoms with Crippen LogP contribution < -0.4 is 0 Å². The van der Waals surface area contributed by atoms with Crippen LogP contribution in [0, 0.1) is 0 Å². The third-order valence-electron chi connectivity index (χ3n) is 2.03. The van der Waals surface area contributed by atoms with Gasteiger partial charge in [0.15, 0.2) is 5.82 Å². The average molecular weight is 250 g/mol. The van der Waals surface area contributed by atoms with E-state index in [1.54, 1.807) is 18.2 Å². The van der Waals surface area contributed by atoms with E-state index in [1.807, 2.05) is 6.07 Å². The van der Waals surface area contributed by atoms with Crippen LogP contribution in [-0.4, -0.2) is 26.3 Å². The van der Waals surface area contributed by atoms with Gasteiger partial charge in [-0.1, -0.05) is 23.7 Å². The fourth-order valence-corrected chi connectivity index (χ4v) is 1.53. The first-order valence-electron chi connectivity index (χ1n) is 4.81. The van der Waals surface area contributed by atoms with Gasteiger partial charge in [0.1, 0.15) is 6.42 Å². The molecule has 5 nitrogen and oxygen atoms in total. The number of carboxylic acids is 1. The Hall–Kier alpha value is -2.01. The summed E-state index contributed by atoms with van der Waals surface area (Å²) in [6.45, 7) is 0. The smallest absolute Gasteiger partial charge is 0.311 e. The maximum absolute atomic E-state index is 10.5. The molecular formula is C11H8ClN3O2. The highest BCUT2D eigenvalue weighted by Gasteiger charge is 2.07. The molecule has 0 atom stereocenters. The molecule has 0 bridgehead atoms. The molecule has 0 saturated heterocycles. The molecule has 6 heteroatoms. The standard InChI is InChI=1S/C11H8ClN3O2/c12-8-3-1-2-7(4-8)9-6-13-15-10(14-9)5-11(16)17/h1-4,6H,5H2,(H,16,17). The molecule has 0 aliphatic rings. The molecule has 1 N–H and O–H groups in total. The van der Waals surface area contributed by atoms with Gasteiger partial charge in [-0.15, -0.1) is 5.10 Å². The van der Waals surface area contributed by atoms with Crippen molar-refractivity contribution >= 4 is 17.6 Å². The van der Waals surface area contributed by atoms with E-state index in [0.29, 0.717) is 10.7 Å². The maximum Gasteiger partial charge on any atom is 0.311 e.